The molecule has 3 aromatic heterocycles. The smallest absolute Gasteiger partial charge is 0.314 e. The van der Waals surface area contributed by atoms with E-state index in [1.165, 1.54) is 11.5 Å². The van der Waals surface area contributed by atoms with E-state index in [0.29, 0.717) is 16.9 Å². The zero-order chi connectivity index (χ0) is 18.6. The average molecular weight is 345 g/mol. The third-order valence-corrected chi connectivity index (χ3v) is 5.00. The summed E-state index contributed by atoms with van der Waals surface area (Å²) in [5.74, 6) is 0.406. The van der Waals surface area contributed by atoms with E-state index in [2.05, 4.69) is 16.5 Å². The van der Waals surface area contributed by atoms with E-state index in [-0.39, 0.29) is 5.78 Å². The van der Waals surface area contributed by atoms with Crippen molar-refractivity contribution in [3.05, 3.63) is 32.2 Å². The Balaban J connectivity index is 2.57. The Morgan fingerprint density at radius 2 is 1.84 bits per heavy atom. The van der Waals surface area contributed by atoms with Crippen molar-refractivity contribution in [2.75, 3.05) is 0 Å². The highest BCUT2D eigenvalue weighted by Crippen LogP contribution is 2.21. The first kappa shape index (κ1) is 17.2. The minimum absolute atomic E-state index is 0.240. The second-order valence-corrected chi connectivity index (χ2v) is 6.55. The molecule has 134 valence electrons. The van der Waals surface area contributed by atoms with Gasteiger partial charge in [0.15, 0.2) is 16.9 Å². The van der Waals surface area contributed by atoms with E-state index in [1.54, 1.807) is 18.4 Å². The van der Waals surface area contributed by atoms with Gasteiger partial charge >= 0.3 is 5.69 Å². The average Bonchev–Trinajstić information content (AvgIpc) is 3.05. The Labute approximate surface area is 144 Å². The van der Waals surface area contributed by atoms with Crippen LogP contribution in [0.25, 0.3) is 16.9 Å². The van der Waals surface area contributed by atoms with E-state index < -0.39 is 17.3 Å². The SMILES string of the molecule is CCCn1c(C)c(C)n2c3c(=O)n(C(C)C(C)=O)c(=O)n(C)c3nc12. The van der Waals surface area contributed by atoms with Crippen molar-refractivity contribution < 1.29 is 4.79 Å². The molecule has 1 atom stereocenters. The van der Waals surface area contributed by atoms with Crippen molar-refractivity contribution >= 4 is 22.7 Å². The van der Waals surface area contributed by atoms with Gasteiger partial charge in [0.1, 0.15) is 0 Å². The highest BCUT2D eigenvalue weighted by atomic mass is 16.2. The minimum atomic E-state index is -0.819. The quantitative estimate of drug-likeness (QED) is 0.714. The number of hydrogen-bond acceptors (Lipinski definition) is 4. The fourth-order valence-electron chi connectivity index (χ4n) is 3.30. The van der Waals surface area contributed by atoms with Crippen LogP contribution in [-0.4, -0.2) is 28.9 Å². The molecule has 1 unspecified atom stereocenters. The summed E-state index contributed by atoms with van der Waals surface area (Å²) in [7, 11) is 1.58. The molecule has 25 heavy (non-hydrogen) atoms. The fraction of sp³-hybridized carbons (Fsp3) is 0.529. The van der Waals surface area contributed by atoms with Crippen LogP contribution in [-0.2, 0) is 18.4 Å². The monoisotopic (exact) mass is 345 g/mol. The summed E-state index contributed by atoms with van der Waals surface area (Å²) >= 11 is 0. The van der Waals surface area contributed by atoms with Gasteiger partial charge in [-0.05, 0) is 34.1 Å². The van der Waals surface area contributed by atoms with Gasteiger partial charge in [-0.1, -0.05) is 6.92 Å². The Hall–Kier alpha value is -2.64. The van der Waals surface area contributed by atoms with Crippen LogP contribution >= 0.6 is 0 Å². The number of aryl methyl sites for hydroxylation is 3. The fourth-order valence-corrected chi connectivity index (χ4v) is 3.30. The van der Waals surface area contributed by atoms with E-state index in [9.17, 15) is 14.4 Å². The molecule has 0 bridgehead atoms. The molecule has 0 radical (unpaired) electrons. The van der Waals surface area contributed by atoms with E-state index in [1.807, 2.05) is 13.8 Å². The van der Waals surface area contributed by atoms with Gasteiger partial charge in [-0.15, -0.1) is 0 Å². The minimum Gasteiger partial charge on any atom is -0.314 e. The summed E-state index contributed by atoms with van der Waals surface area (Å²) in [6, 6.07) is -0.819. The number of aromatic nitrogens is 5. The van der Waals surface area contributed by atoms with Gasteiger partial charge in [0.05, 0.1) is 6.04 Å². The molecule has 0 spiro atoms. The summed E-state index contributed by atoms with van der Waals surface area (Å²) < 4.78 is 6.21. The van der Waals surface area contributed by atoms with Gasteiger partial charge < -0.3 is 4.57 Å². The summed E-state index contributed by atoms with van der Waals surface area (Å²) in [5, 5.41) is 0. The second-order valence-electron chi connectivity index (χ2n) is 6.55. The summed E-state index contributed by atoms with van der Waals surface area (Å²) in [5.41, 5.74) is 1.60. The van der Waals surface area contributed by atoms with E-state index in [4.69, 9.17) is 0 Å². The number of ketones is 1. The Kier molecular flexibility index (Phi) is 3.93. The molecule has 3 heterocycles. The predicted molar refractivity (Wildman–Crippen MR) is 95.3 cm³/mol. The number of hydrogen-bond donors (Lipinski definition) is 0. The van der Waals surface area contributed by atoms with Crippen LogP contribution in [0.4, 0.5) is 0 Å². The highest BCUT2D eigenvalue weighted by molar-refractivity contribution is 5.81. The molecule has 0 N–H and O–H groups in total. The molecular weight excluding hydrogens is 322 g/mol. The number of fused-ring (bicyclic) bond motifs is 3. The first-order chi connectivity index (χ1) is 11.7. The van der Waals surface area contributed by atoms with Crippen molar-refractivity contribution in [2.24, 2.45) is 7.05 Å². The predicted octanol–water partition coefficient (Wildman–Crippen LogP) is 1.33. The van der Waals surface area contributed by atoms with Crippen LogP contribution in [0, 0.1) is 13.8 Å². The van der Waals surface area contributed by atoms with Gasteiger partial charge in [0.25, 0.3) is 5.56 Å². The van der Waals surface area contributed by atoms with E-state index in [0.717, 1.165) is 28.9 Å². The summed E-state index contributed by atoms with van der Waals surface area (Å²) in [4.78, 5) is 42.1. The van der Waals surface area contributed by atoms with Gasteiger partial charge in [0.2, 0.25) is 5.78 Å². The first-order valence-corrected chi connectivity index (χ1v) is 8.42. The number of rotatable bonds is 4. The molecule has 3 aromatic rings. The standard InChI is InChI=1S/C17H23N5O3/c1-7-8-20-9(2)10(3)21-13-14(18-16(20)21)19(6)17(25)22(15(13)24)11(4)12(5)23/h11H,7-8H2,1-6H3. The molecule has 0 saturated carbocycles. The molecule has 3 rings (SSSR count). The largest absolute Gasteiger partial charge is 0.333 e. The molecule has 0 aliphatic rings. The lowest BCUT2D eigenvalue weighted by Gasteiger charge is -2.12. The van der Waals surface area contributed by atoms with Crippen molar-refractivity contribution in [2.45, 2.75) is 53.6 Å². The maximum Gasteiger partial charge on any atom is 0.333 e. The van der Waals surface area contributed by atoms with Crippen LogP contribution in [0.5, 0.6) is 0 Å². The van der Waals surface area contributed by atoms with Gasteiger partial charge in [-0.2, -0.15) is 4.98 Å². The van der Waals surface area contributed by atoms with Crippen molar-refractivity contribution in [1.82, 2.24) is 23.1 Å². The molecule has 0 aliphatic heterocycles. The maximum absolute atomic E-state index is 13.1. The second kappa shape index (κ2) is 5.72. The summed E-state index contributed by atoms with van der Waals surface area (Å²) in [6.45, 7) is 9.71. The Bertz CT molecular complexity index is 1130. The van der Waals surface area contributed by atoms with Gasteiger partial charge in [-0.3, -0.25) is 18.6 Å². The molecule has 0 amide bonds. The Morgan fingerprint density at radius 3 is 2.40 bits per heavy atom. The molecule has 0 saturated heterocycles. The number of imidazole rings is 2. The maximum atomic E-state index is 13.1. The van der Waals surface area contributed by atoms with Crippen molar-refractivity contribution in [3.8, 4) is 0 Å². The summed E-state index contributed by atoms with van der Waals surface area (Å²) in [6.07, 6.45) is 0.929. The highest BCUT2D eigenvalue weighted by Gasteiger charge is 2.25. The van der Waals surface area contributed by atoms with Crippen LogP contribution in [0.1, 0.15) is 44.6 Å². The number of carbonyl (C=O) groups is 1. The lowest BCUT2D eigenvalue weighted by molar-refractivity contribution is -0.119. The first-order valence-electron chi connectivity index (χ1n) is 8.42. The van der Waals surface area contributed by atoms with E-state index >= 15 is 0 Å². The molecule has 0 aliphatic carbocycles. The molecular formula is C17H23N5O3. The number of Topliss-reactive ketones (excluding diaryl/α,β-unsaturated/α-hetero) is 1. The molecule has 0 fully saturated rings. The van der Waals surface area contributed by atoms with Crippen LogP contribution in [0.15, 0.2) is 9.59 Å². The van der Waals surface area contributed by atoms with Crippen molar-refractivity contribution in [3.63, 3.8) is 0 Å². The molecule has 8 nitrogen and oxygen atoms in total. The molecule has 8 heteroatoms. The van der Waals surface area contributed by atoms with Crippen LogP contribution in [0.3, 0.4) is 0 Å². The normalized spacial score (nSPS) is 13.0. The van der Waals surface area contributed by atoms with Gasteiger partial charge in [-0.25, -0.2) is 9.36 Å². The zero-order valence-corrected chi connectivity index (χ0v) is 15.5. The number of carbonyl (C=O) groups excluding carboxylic acids is 1. The Morgan fingerprint density at radius 1 is 1.20 bits per heavy atom. The van der Waals surface area contributed by atoms with Crippen molar-refractivity contribution in [1.29, 1.82) is 0 Å². The third-order valence-electron chi connectivity index (χ3n) is 5.00. The van der Waals surface area contributed by atoms with Crippen LogP contribution < -0.4 is 11.2 Å². The molecule has 0 aromatic carbocycles. The topological polar surface area (TPSA) is 83.3 Å². The van der Waals surface area contributed by atoms with Crippen LogP contribution in [0.2, 0.25) is 0 Å². The van der Waals surface area contributed by atoms with Gasteiger partial charge in [0, 0.05) is 25.0 Å². The number of nitrogens with zero attached hydrogens (tertiary/aromatic N) is 5. The third kappa shape index (κ3) is 2.20. The lowest BCUT2D eigenvalue weighted by atomic mass is 10.2. The lowest BCUT2D eigenvalue weighted by Crippen LogP contribution is -2.42. The zero-order valence-electron chi connectivity index (χ0n) is 15.5.